The molecule has 1 aromatic heterocycles. The fraction of sp³-hybridized carbons (Fsp3) is 0.600. The van der Waals surface area contributed by atoms with Gasteiger partial charge in [-0.05, 0) is 49.8 Å². The van der Waals surface area contributed by atoms with Crippen LogP contribution in [0.2, 0.25) is 4.34 Å². The molecule has 0 bridgehead atoms. The molecule has 1 aliphatic rings. The zero-order valence-corrected chi connectivity index (χ0v) is 9.13. The summed E-state index contributed by atoms with van der Waals surface area (Å²) in [6, 6.07) is 2.14. The quantitative estimate of drug-likeness (QED) is 0.806. The largest absolute Gasteiger partial charge is 0.330 e. The van der Waals surface area contributed by atoms with Crippen LogP contribution in [-0.2, 0) is 6.42 Å². The molecular formula is C10H14ClNS. The second-order valence-corrected chi connectivity index (χ2v) is 5.36. The van der Waals surface area contributed by atoms with Gasteiger partial charge in [-0.1, -0.05) is 11.6 Å². The number of thiophene rings is 1. The highest BCUT2D eigenvalue weighted by molar-refractivity contribution is 7.16. The standard InChI is InChI=1S/C10H14ClNS/c11-10-6-8-7(4-5-12)2-1-3-9(8)13-10/h6-7H,1-5,12H2. The monoisotopic (exact) mass is 215 g/mol. The van der Waals surface area contributed by atoms with Gasteiger partial charge in [0.2, 0.25) is 0 Å². The minimum Gasteiger partial charge on any atom is -0.330 e. The highest BCUT2D eigenvalue weighted by atomic mass is 35.5. The summed E-state index contributed by atoms with van der Waals surface area (Å²) in [6.45, 7) is 0.789. The summed E-state index contributed by atoms with van der Waals surface area (Å²) >= 11 is 7.75. The third-order valence-corrected chi connectivity index (χ3v) is 4.06. The summed E-state index contributed by atoms with van der Waals surface area (Å²) in [5.41, 5.74) is 7.07. The van der Waals surface area contributed by atoms with E-state index in [0.29, 0.717) is 5.92 Å². The maximum Gasteiger partial charge on any atom is 0.0934 e. The number of rotatable bonds is 2. The van der Waals surface area contributed by atoms with E-state index in [0.717, 1.165) is 17.3 Å². The Morgan fingerprint density at radius 2 is 2.46 bits per heavy atom. The van der Waals surface area contributed by atoms with Crippen molar-refractivity contribution < 1.29 is 0 Å². The molecule has 2 N–H and O–H groups in total. The molecule has 1 nitrogen and oxygen atoms in total. The Morgan fingerprint density at radius 3 is 3.23 bits per heavy atom. The minimum atomic E-state index is 0.678. The first kappa shape index (κ1) is 9.50. The summed E-state index contributed by atoms with van der Waals surface area (Å²) in [5, 5.41) is 0. The molecule has 1 aliphatic carbocycles. The molecule has 0 radical (unpaired) electrons. The van der Waals surface area contributed by atoms with Crippen LogP contribution < -0.4 is 5.73 Å². The van der Waals surface area contributed by atoms with Crippen LogP contribution in [0.5, 0.6) is 0 Å². The predicted octanol–water partition coefficient (Wildman–Crippen LogP) is 3.17. The number of fused-ring (bicyclic) bond motifs is 1. The molecule has 1 aromatic rings. The molecule has 0 saturated carbocycles. The number of nitrogens with two attached hydrogens (primary N) is 1. The molecule has 0 aliphatic heterocycles. The number of halogens is 1. The van der Waals surface area contributed by atoms with Crippen molar-refractivity contribution in [2.75, 3.05) is 6.54 Å². The summed E-state index contributed by atoms with van der Waals surface area (Å²) in [6.07, 6.45) is 4.92. The first-order valence-electron chi connectivity index (χ1n) is 4.79. The topological polar surface area (TPSA) is 26.0 Å². The third kappa shape index (κ3) is 1.90. The van der Waals surface area contributed by atoms with Crippen LogP contribution in [0.25, 0.3) is 0 Å². The zero-order valence-electron chi connectivity index (χ0n) is 7.55. The van der Waals surface area contributed by atoms with E-state index in [-0.39, 0.29) is 0 Å². The van der Waals surface area contributed by atoms with Crippen molar-refractivity contribution in [3.05, 3.63) is 20.8 Å². The van der Waals surface area contributed by atoms with Crippen LogP contribution in [0.1, 0.15) is 35.6 Å². The third-order valence-electron chi connectivity index (χ3n) is 2.72. The van der Waals surface area contributed by atoms with Gasteiger partial charge in [0.1, 0.15) is 0 Å². The van der Waals surface area contributed by atoms with Crippen molar-refractivity contribution in [2.24, 2.45) is 5.73 Å². The van der Waals surface area contributed by atoms with Gasteiger partial charge in [-0.25, -0.2) is 0 Å². The van der Waals surface area contributed by atoms with E-state index in [1.165, 1.54) is 29.7 Å². The molecule has 0 aromatic carbocycles. The van der Waals surface area contributed by atoms with Gasteiger partial charge in [0.05, 0.1) is 4.34 Å². The van der Waals surface area contributed by atoms with Gasteiger partial charge in [0.25, 0.3) is 0 Å². The summed E-state index contributed by atoms with van der Waals surface area (Å²) in [7, 11) is 0. The van der Waals surface area contributed by atoms with E-state index in [2.05, 4.69) is 6.07 Å². The van der Waals surface area contributed by atoms with Crippen LogP contribution >= 0.6 is 22.9 Å². The van der Waals surface area contributed by atoms with E-state index in [1.807, 2.05) is 0 Å². The van der Waals surface area contributed by atoms with Gasteiger partial charge in [-0.2, -0.15) is 0 Å². The molecular weight excluding hydrogens is 202 g/mol. The van der Waals surface area contributed by atoms with E-state index >= 15 is 0 Å². The Labute approximate surface area is 87.9 Å². The Bertz CT molecular complexity index is 295. The highest BCUT2D eigenvalue weighted by Gasteiger charge is 2.21. The zero-order chi connectivity index (χ0) is 9.26. The van der Waals surface area contributed by atoms with Gasteiger partial charge < -0.3 is 5.73 Å². The lowest BCUT2D eigenvalue weighted by Gasteiger charge is -2.21. The molecule has 0 spiro atoms. The van der Waals surface area contributed by atoms with Gasteiger partial charge in [0.15, 0.2) is 0 Å². The maximum atomic E-state index is 6.00. The second-order valence-electron chi connectivity index (χ2n) is 3.60. The Morgan fingerprint density at radius 1 is 1.62 bits per heavy atom. The lowest BCUT2D eigenvalue weighted by Crippen LogP contribution is -2.11. The fourth-order valence-electron chi connectivity index (χ4n) is 2.12. The fourth-order valence-corrected chi connectivity index (χ4v) is 3.52. The highest BCUT2D eigenvalue weighted by Crippen LogP contribution is 2.40. The van der Waals surface area contributed by atoms with Crippen molar-refractivity contribution >= 4 is 22.9 Å². The van der Waals surface area contributed by atoms with Gasteiger partial charge >= 0.3 is 0 Å². The van der Waals surface area contributed by atoms with Crippen molar-refractivity contribution in [3.63, 3.8) is 0 Å². The molecule has 0 amide bonds. The average Bonchev–Trinajstić information content (AvgIpc) is 2.47. The molecule has 72 valence electrons. The smallest absolute Gasteiger partial charge is 0.0934 e. The normalized spacial score (nSPS) is 21.5. The van der Waals surface area contributed by atoms with Gasteiger partial charge in [-0.15, -0.1) is 11.3 Å². The molecule has 1 heterocycles. The lowest BCUT2D eigenvalue weighted by molar-refractivity contribution is 0.532. The Kier molecular flexibility index (Phi) is 2.92. The van der Waals surface area contributed by atoms with Gasteiger partial charge in [-0.3, -0.25) is 0 Å². The number of aryl methyl sites for hydroxylation is 1. The molecule has 1 unspecified atom stereocenters. The number of hydrogen-bond acceptors (Lipinski definition) is 2. The molecule has 0 saturated heterocycles. The minimum absolute atomic E-state index is 0.678. The van der Waals surface area contributed by atoms with Crippen molar-refractivity contribution in [3.8, 4) is 0 Å². The van der Waals surface area contributed by atoms with Gasteiger partial charge in [0, 0.05) is 4.88 Å². The van der Waals surface area contributed by atoms with Crippen LogP contribution in [-0.4, -0.2) is 6.54 Å². The second kappa shape index (κ2) is 3.99. The molecule has 0 fully saturated rings. The van der Waals surface area contributed by atoms with Crippen molar-refractivity contribution in [1.29, 1.82) is 0 Å². The maximum absolute atomic E-state index is 6.00. The summed E-state index contributed by atoms with van der Waals surface area (Å²) in [4.78, 5) is 1.50. The lowest BCUT2D eigenvalue weighted by atomic mass is 9.86. The van der Waals surface area contributed by atoms with Crippen LogP contribution in [0.3, 0.4) is 0 Å². The molecule has 2 rings (SSSR count). The first-order chi connectivity index (χ1) is 6.31. The summed E-state index contributed by atoms with van der Waals surface area (Å²) in [5.74, 6) is 0.678. The SMILES string of the molecule is NCCC1CCCc2sc(Cl)cc21. The molecule has 13 heavy (non-hydrogen) atoms. The average molecular weight is 216 g/mol. The molecule has 3 heteroatoms. The van der Waals surface area contributed by atoms with E-state index < -0.39 is 0 Å². The van der Waals surface area contributed by atoms with Crippen LogP contribution in [0, 0.1) is 0 Å². The Hall–Kier alpha value is -0.0500. The predicted molar refractivity (Wildman–Crippen MR) is 58.7 cm³/mol. The van der Waals surface area contributed by atoms with Crippen molar-refractivity contribution in [2.45, 2.75) is 31.6 Å². The van der Waals surface area contributed by atoms with E-state index in [1.54, 1.807) is 11.3 Å². The molecule has 1 atom stereocenters. The van der Waals surface area contributed by atoms with E-state index in [4.69, 9.17) is 17.3 Å². The number of hydrogen-bond donors (Lipinski definition) is 1. The van der Waals surface area contributed by atoms with Crippen molar-refractivity contribution in [1.82, 2.24) is 0 Å². The van der Waals surface area contributed by atoms with Crippen LogP contribution in [0.15, 0.2) is 6.07 Å². The van der Waals surface area contributed by atoms with Crippen LogP contribution in [0.4, 0.5) is 0 Å². The Balaban J connectivity index is 2.25. The summed E-state index contributed by atoms with van der Waals surface area (Å²) < 4.78 is 0.939. The first-order valence-corrected chi connectivity index (χ1v) is 5.99. The van der Waals surface area contributed by atoms with E-state index in [9.17, 15) is 0 Å².